The van der Waals surface area contributed by atoms with Crippen molar-refractivity contribution in [2.45, 2.75) is 122 Å². The first-order valence-electron chi connectivity index (χ1n) is 10.0. The fraction of sp³-hybridized carbons (Fsp3) is 1.00. The van der Waals surface area contributed by atoms with Crippen molar-refractivity contribution in [3.8, 4) is 0 Å². The third-order valence-electron chi connectivity index (χ3n) is 4.81. The molecule has 25 heavy (non-hydrogen) atoms. The van der Waals surface area contributed by atoms with Gasteiger partial charge >= 0.3 is 51.4 Å². The van der Waals surface area contributed by atoms with E-state index in [4.69, 9.17) is 0 Å². The minimum absolute atomic E-state index is 0. The Kier molecular flexibility index (Phi) is 20.2. The Labute approximate surface area is 199 Å². The molecule has 0 aliphatic heterocycles. The van der Waals surface area contributed by atoms with Crippen LogP contribution in [-0.2, 0) is 10.1 Å². The first-order valence-corrected chi connectivity index (χ1v) is 11.5. The Morgan fingerprint density at radius 1 is 0.680 bits per heavy atom. The van der Waals surface area contributed by atoms with Gasteiger partial charge in [0, 0.05) is 0 Å². The van der Waals surface area contributed by atoms with Crippen LogP contribution in [0.1, 0.15) is 117 Å². The second-order valence-electron chi connectivity index (χ2n) is 7.14. The zero-order chi connectivity index (χ0) is 18.3. The second kappa shape index (κ2) is 17.6. The molecule has 0 aromatic heterocycles. The van der Waals surface area contributed by atoms with Crippen LogP contribution in [0.2, 0.25) is 0 Å². The van der Waals surface area contributed by atoms with Crippen molar-refractivity contribution >= 4 is 10.1 Å². The van der Waals surface area contributed by atoms with Gasteiger partial charge in [0.05, 0.1) is 0 Å². The van der Waals surface area contributed by atoms with E-state index in [1.54, 1.807) is 0 Å². The zero-order valence-electron chi connectivity index (χ0n) is 16.9. The Morgan fingerprint density at radius 2 is 0.960 bits per heavy atom. The van der Waals surface area contributed by atoms with Crippen molar-refractivity contribution in [2.24, 2.45) is 0 Å². The largest absolute Gasteiger partial charge is 1.00 e. The number of unbranched alkanes of at least 4 members (excludes halogenated alkanes) is 12. The normalized spacial score (nSPS) is 12.2. The molecule has 0 aromatic carbocycles. The van der Waals surface area contributed by atoms with E-state index in [0.29, 0.717) is 12.8 Å². The van der Waals surface area contributed by atoms with Crippen molar-refractivity contribution in [2.75, 3.05) is 0 Å². The topological polar surface area (TPSA) is 77.4 Å². The van der Waals surface area contributed by atoms with Gasteiger partial charge in [0.25, 0.3) is 0 Å². The summed E-state index contributed by atoms with van der Waals surface area (Å²) in [5, 5.41) is 10.3. The Hall–Kier alpha value is 1.51. The van der Waals surface area contributed by atoms with Gasteiger partial charge in [-0.1, -0.05) is 90.9 Å². The van der Waals surface area contributed by atoms with E-state index in [1.165, 1.54) is 38.5 Å². The molecule has 0 heterocycles. The van der Waals surface area contributed by atoms with Crippen LogP contribution in [0.5, 0.6) is 0 Å². The number of hydrogen-bond acceptors (Lipinski definition) is 4. The van der Waals surface area contributed by atoms with Gasteiger partial charge in [-0.05, 0) is 25.7 Å². The molecule has 4 nitrogen and oxygen atoms in total. The number of aliphatic hydroxyl groups is 1. The van der Waals surface area contributed by atoms with Crippen LogP contribution in [-0.4, -0.2) is 23.0 Å². The predicted octanol–water partition coefficient (Wildman–Crippen LogP) is 2.51. The Bertz CT molecular complexity index is 367. The summed E-state index contributed by atoms with van der Waals surface area (Å²) in [6.07, 6.45) is 14.8. The maximum Gasteiger partial charge on any atom is 1.00 e. The van der Waals surface area contributed by atoms with Gasteiger partial charge in [-0.2, -0.15) is 0 Å². The van der Waals surface area contributed by atoms with Gasteiger partial charge in [0.2, 0.25) is 0 Å². The van der Waals surface area contributed by atoms with Gasteiger partial charge in [0.15, 0.2) is 4.93 Å². The third-order valence-corrected chi connectivity index (χ3v) is 6.15. The standard InChI is InChI=1S/C19H40O4S.K/c1-3-5-7-9-11-13-15-17-19(20,24(21,22)23)18-16-14-12-10-8-6-4-2;/h20H,3-18H2,1-2H3,(H,21,22,23);/q;+1/p-1. The summed E-state index contributed by atoms with van der Waals surface area (Å²) in [5.41, 5.74) is 0. The van der Waals surface area contributed by atoms with E-state index >= 15 is 0 Å². The van der Waals surface area contributed by atoms with Crippen molar-refractivity contribution in [1.29, 1.82) is 0 Å². The van der Waals surface area contributed by atoms with Crippen molar-refractivity contribution in [3.05, 3.63) is 0 Å². The van der Waals surface area contributed by atoms with Gasteiger partial charge in [-0.3, -0.25) is 0 Å². The summed E-state index contributed by atoms with van der Waals surface area (Å²) >= 11 is 0. The molecule has 0 aliphatic rings. The minimum Gasteiger partial charge on any atom is -0.746 e. The summed E-state index contributed by atoms with van der Waals surface area (Å²) in [7, 11) is -4.66. The molecule has 1 N–H and O–H groups in total. The molecule has 146 valence electrons. The van der Waals surface area contributed by atoms with E-state index in [2.05, 4.69) is 13.8 Å². The van der Waals surface area contributed by atoms with Crippen LogP contribution in [0, 0.1) is 0 Å². The van der Waals surface area contributed by atoms with Crippen LogP contribution in [0.25, 0.3) is 0 Å². The number of hydrogen-bond donors (Lipinski definition) is 1. The molecule has 0 fully saturated rings. The van der Waals surface area contributed by atoms with Gasteiger partial charge in [-0.25, -0.2) is 8.42 Å². The first-order chi connectivity index (χ1) is 11.4. The zero-order valence-corrected chi connectivity index (χ0v) is 20.8. The summed E-state index contributed by atoms with van der Waals surface area (Å²) in [6, 6.07) is 0. The maximum atomic E-state index is 11.5. The van der Waals surface area contributed by atoms with Crippen molar-refractivity contribution in [1.82, 2.24) is 0 Å². The van der Waals surface area contributed by atoms with Gasteiger partial charge in [0.1, 0.15) is 10.1 Å². The Morgan fingerprint density at radius 3 is 1.24 bits per heavy atom. The molecule has 6 heteroatoms. The van der Waals surface area contributed by atoms with Crippen LogP contribution in [0.15, 0.2) is 0 Å². The molecule has 0 radical (unpaired) electrons. The molecule has 0 amide bonds. The summed E-state index contributed by atoms with van der Waals surface area (Å²) in [6.45, 7) is 4.34. The van der Waals surface area contributed by atoms with E-state index in [9.17, 15) is 18.1 Å². The van der Waals surface area contributed by atoms with E-state index < -0.39 is 15.1 Å². The number of rotatable bonds is 17. The monoisotopic (exact) mass is 402 g/mol. The quantitative estimate of drug-likeness (QED) is 0.230. The molecule has 0 aromatic rings. The van der Waals surface area contributed by atoms with Gasteiger partial charge in [-0.15, -0.1) is 0 Å². The summed E-state index contributed by atoms with van der Waals surface area (Å²) in [4.78, 5) is -2.06. The third kappa shape index (κ3) is 15.1. The van der Waals surface area contributed by atoms with E-state index in [1.807, 2.05) is 0 Å². The van der Waals surface area contributed by atoms with Crippen molar-refractivity contribution < 1.29 is 69.5 Å². The summed E-state index contributed by atoms with van der Waals surface area (Å²) in [5.74, 6) is 0. The molecule has 0 bridgehead atoms. The van der Waals surface area contributed by atoms with Gasteiger partial charge < -0.3 is 9.66 Å². The molecule has 0 rings (SSSR count). The molecule has 0 spiro atoms. The fourth-order valence-electron chi connectivity index (χ4n) is 3.09. The van der Waals surface area contributed by atoms with Crippen molar-refractivity contribution in [3.63, 3.8) is 0 Å². The predicted molar refractivity (Wildman–Crippen MR) is 99.9 cm³/mol. The molecule has 0 atom stereocenters. The van der Waals surface area contributed by atoms with Crippen LogP contribution in [0.4, 0.5) is 0 Å². The molecule has 0 aliphatic carbocycles. The average Bonchev–Trinajstić information content (AvgIpc) is 2.52. The SMILES string of the molecule is CCCCCCCCCC(O)(CCCCCCCCC)S(=O)(=O)[O-].[K+]. The van der Waals surface area contributed by atoms with E-state index in [0.717, 1.165) is 38.5 Å². The average molecular weight is 403 g/mol. The van der Waals surface area contributed by atoms with Crippen LogP contribution >= 0.6 is 0 Å². The van der Waals surface area contributed by atoms with E-state index in [-0.39, 0.29) is 64.2 Å². The molecule has 0 saturated carbocycles. The smallest absolute Gasteiger partial charge is 0.746 e. The second-order valence-corrected chi connectivity index (χ2v) is 8.81. The molecular formula is C19H39KO4S. The minimum atomic E-state index is -4.66. The molecule has 0 saturated heterocycles. The Balaban J connectivity index is 0. The molecule has 0 unspecified atom stereocenters. The van der Waals surface area contributed by atoms with Crippen LogP contribution in [0.3, 0.4) is 0 Å². The first kappa shape index (κ1) is 28.7. The fourth-order valence-corrected chi connectivity index (χ4v) is 3.88. The molecular weight excluding hydrogens is 363 g/mol. The summed E-state index contributed by atoms with van der Waals surface area (Å²) < 4.78 is 34.4. The maximum absolute atomic E-state index is 11.5. The van der Waals surface area contributed by atoms with Crippen LogP contribution < -0.4 is 51.4 Å².